The van der Waals surface area contributed by atoms with Gasteiger partial charge in [0.15, 0.2) is 0 Å². The van der Waals surface area contributed by atoms with Gasteiger partial charge in [0.05, 0.1) is 24.7 Å². The first kappa shape index (κ1) is 30.9. The Labute approximate surface area is 257 Å². The van der Waals surface area contributed by atoms with E-state index in [1.165, 1.54) is 45.4 Å². The highest BCUT2D eigenvalue weighted by Crippen LogP contribution is 2.32. The fraction of sp³-hybridized carbons (Fsp3) is 0.107. The van der Waals surface area contributed by atoms with Gasteiger partial charge in [-0.15, -0.1) is 20.4 Å². The van der Waals surface area contributed by atoms with Gasteiger partial charge in [0.2, 0.25) is 30.4 Å². The van der Waals surface area contributed by atoms with Crippen LogP contribution in [-0.4, -0.2) is 75.1 Å². The monoisotopic (exact) mass is 628 g/mol. The van der Waals surface area contributed by atoms with E-state index in [-0.39, 0.29) is 16.6 Å². The molecule has 4 heterocycles. The van der Waals surface area contributed by atoms with Crippen molar-refractivity contribution in [3.8, 4) is 40.0 Å². The number of hydrogen-bond acceptors (Lipinski definition) is 14. The van der Waals surface area contributed by atoms with Crippen LogP contribution in [0.3, 0.4) is 0 Å². The molecule has 0 aliphatic heterocycles. The summed E-state index contributed by atoms with van der Waals surface area (Å²) in [6.45, 7) is 1.74. The van der Waals surface area contributed by atoms with E-state index in [1.807, 2.05) is 0 Å². The van der Waals surface area contributed by atoms with Gasteiger partial charge < -0.3 is 23.6 Å². The minimum Gasteiger partial charge on any atom is -0.478 e. The molecule has 0 aliphatic carbocycles. The lowest BCUT2D eigenvalue weighted by Gasteiger charge is -2.21. The third-order valence-electron chi connectivity index (χ3n) is 6.32. The number of nitrogens with zero attached hydrogens (tertiary/aromatic N) is 8. The van der Waals surface area contributed by atoms with Crippen molar-refractivity contribution in [2.24, 2.45) is 0 Å². The fourth-order valence-corrected chi connectivity index (χ4v) is 5.36. The second kappa shape index (κ2) is 13.4. The molecule has 0 unspecified atom stereocenters. The summed E-state index contributed by atoms with van der Waals surface area (Å²) in [5.41, 5.74) is 3.39. The highest BCUT2D eigenvalue weighted by molar-refractivity contribution is 7.93. The van der Waals surface area contributed by atoms with E-state index in [0.717, 1.165) is 9.87 Å². The number of aromatic nitrogens is 7. The van der Waals surface area contributed by atoms with Gasteiger partial charge in [0.25, 0.3) is 15.9 Å². The first-order valence-corrected chi connectivity index (χ1v) is 14.5. The Bertz CT molecular complexity index is 1960. The molecule has 0 spiro atoms. The van der Waals surface area contributed by atoms with Gasteiger partial charge in [-0.1, -0.05) is 24.3 Å². The van der Waals surface area contributed by atoms with Gasteiger partial charge in [-0.2, -0.15) is 0 Å². The maximum atomic E-state index is 13.5. The molecule has 0 saturated carbocycles. The van der Waals surface area contributed by atoms with Gasteiger partial charge in [-0.3, -0.25) is 4.98 Å². The van der Waals surface area contributed by atoms with E-state index in [1.54, 1.807) is 61.5 Å². The zero-order chi connectivity index (χ0) is 32.0. The number of aryl methyl sites for hydroxylation is 1. The Morgan fingerprint density at radius 1 is 0.844 bits per heavy atom. The largest absolute Gasteiger partial charge is 0.488 e. The van der Waals surface area contributed by atoms with Gasteiger partial charge in [0, 0.05) is 29.9 Å². The van der Waals surface area contributed by atoms with Crippen molar-refractivity contribution >= 4 is 28.4 Å². The third kappa shape index (κ3) is 6.85. The molecular weight excluding hydrogens is 603 g/mol. The molecule has 4 aromatic heterocycles. The molecule has 45 heavy (non-hydrogen) atoms. The Morgan fingerprint density at radius 3 is 1.96 bits per heavy atom. The quantitative estimate of drug-likeness (QED) is 0.232. The first-order chi connectivity index (χ1) is 21.7. The number of pyridine rings is 1. The predicted molar refractivity (Wildman–Crippen MR) is 161 cm³/mol. The average Bonchev–Trinajstić information content (AvgIpc) is 3.81. The van der Waals surface area contributed by atoms with Crippen LogP contribution in [0.5, 0.6) is 5.88 Å². The van der Waals surface area contributed by atoms with E-state index < -0.39 is 17.1 Å². The number of hydrogen-bond donors (Lipinski definition) is 2. The fourth-order valence-electron chi connectivity index (χ4n) is 4.04. The standard InChI is InChI=1S/C20H18N6O4S.C8H7BN2O3/c1-13-11-22-18(20(24-13)29-3)26(2)31(27,28)16-5-4-10-21-17(16)14-6-8-15(9-7-14)19-25-23-12-30-19;12-9(13)7-3-1-6(2-4-7)8-11-10-5-14-8/h4-12H,1-3H3;1-5,12-13H. The van der Waals surface area contributed by atoms with Crippen LogP contribution < -0.4 is 14.5 Å². The van der Waals surface area contributed by atoms with Gasteiger partial charge in [-0.05, 0) is 48.8 Å². The molecule has 0 atom stereocenters. The van der Waals surface area contributed by atoms with Gasteiger partial charge >= 0.3 is 7.12 Å². The lowest BCUT2D eigenvalue weighted by molar-refractivity contribution is 0.396. The maximum absolute atomic E-state index is 13.5. The topological polar surface area (TPSA) is 204 Å². The second-order valence-corrected chi connectivity index (χ2v) is 11.2. The van der Waals surface area contributed by atoms with E-state index in [4.69, 9.17) is 23.6 Å². The predicted octanol–water partition coefficient (Wildman–Crippen LogP) is 2.15. The van der Waals surface area contributed by atoms with Gasteiger partial charge in [0.1, 0.15) is 4.90 Å². The minimum absolute atomic E-state index is 0.0208. The number of benzene rings is 2. The smallest absolute Gasteiger partial charge is 0.478 e. The molecule has 0 radical (unpaired) electrons. The molecule has 17 heteroatoms. The molecule has 0 fully saturated rings. The number of methoxy groups -OCH3 is 1. The van der Waals surface area contributed by atoms with E-state index in [2.05, 4.69) is 35.3 Å². The van der Waals surface area contributed by atoms with Crippen molar-refractivity contribution in [2.45, 2.75) is 11.8 Å². The summed E-state index contributed by atoms with van der Waals surface area (Å²) in [6, 6.07) is 16.6. The molecule has 2 N–H and O–H groups in total. The summed E-state index contributed by atoms with van der Waals surface area (Å²) < 4.78 is 43.3. The van der Waals surface area contributed by atoms with Crippen molar-refractivity contribution in [1.82, 2.24) is 35.3 Å². The van der Waals surface area contributed by atoms with Crippen molar-refractivity contribution < 1.29 is 32.0 Å². The summed E-state index contributed by atoms with van der Waals surface area (Å²) in [5.74, 6) is 0.962. The molecule has 0 saturated heterocycles. The molecule has 2 aromatic carbocycles. The lowest BCUT2D eigenvalue weighted by atomic mass is 9.80. The lowest BCUT2D eigenvalue weighted by Crippen LogP contribution is -2.29. The van der Waals surface area contributed by atoms with Crippen LogP contribution in [0.15, 0.2) is 99.6 Å². The van der Waals surface area contributed by atoms with Crippen LogP contribution in [0.4, 0.5) is 5.82 Å². The number of anilines is 1. The van der Waals surface area contributed by atoms with Crippen molar-refractivity contribution in [1.29, 1.82) is 0 Å². The third-order valence-corrected chi connectivity index (χ3v) is 8.10. The van der Waals surface area contributed by atoms with Crippen molar-refractivity contribution in [3.05, 3.63) is 91.5 Å². The molecule has 0 bridgehead atoms. The summed E-state index contributed by atoms with van der Waals surface area (Å²) >= 11 is 0. The zero-order valence-electron chi connectivity index (χ0n) is 24.1. The van der Waals surface area contributed by atoms with E-state index in [0.29, 0.717) is 39.8 Å². The number of rotatable bonds is 8. The Morgan fingerprint density at radius 2 is 1.42 bits per heavy atom. The summed E-state index contributed by atoms with van der Waals surface area (Å²) in [4.78, 5) is 12.7. The minimum atomic E-state index is -4.02. The Balaban J connectivity index is 0.000000238. The van der Waals surface area contributed by atoms with Crippen molar-refractivity contribution in [3.63, 3.8) is 0 Å². The molecule has 0 amide bonds. The van der Waals surface area contributed by atoms with Crippen LogP contribution in [0.1, 0.15) is 5.69 Å². The summed E-state index contributed by atoms with van der Waals surface area (Å²) in [5, 5.41) is 32.5. The normalized spacial score (nSPS) is 11.0. The Kier molecular flexibility index (Phi) is 9.22. The SMILES string of the molecule is COc1nc(C)cnc1N(C)S(=O)(=O)c1cccnc1-c1ccc(-c2nnco2)cc1.OB(O)c1ccc(-c2nnco2)cc1. The zero-order valence-corrected chi connectivity index (χ0v) is 24.9. The molecule has 6 aromatic rings. The second-order valence-electron chi connectivity index (χ2n) is 9.23. The average molecular weight is 628 g/mol. The molecular formula is C28H25BN8O7S. The number of sulfonamides is 1. The van der Waals surface area contributed by atoms with E-state index >= 15 is 0 Å². The number of ether oxygens (including phenoxy) is 1. The van der Waals surface area contributed by atoms with Crippen LogP contribution in [0, 0.1) is 6.92 Å². The van der Waals surface area contributed by atoms with E-state index in [9.17, 15) is 8.42 Å². The van der Waals surface area contributed by atoms with Crippen LogP contribution >= 0.6 is 0 Å². The maximum Gasteiger partial charge on any atom is 0.488 e. The molecule has 6 rings (SSSR count). The first-order valence-electron chi connectivity index (χ1n) is 13.1. The van der Waals surface area contributed by atoms with Crippen LogP contribution in [0.2, 0.25) is 0 Å². The van der Waals surface area contributed by atoms with Crippen molar-refractivity contribution in [2.75, 3.05) is 18.5 Å². The highest BCUT2D eigenvalue weighted by atomic mass is 32.2. The highest BCUT2D eigenvalue weighted by Gasteiger charge is 2.29. The summed E-state index contributed by atoms with van der Waals surface area (Å²) in [6.07, 6.45) is 5.49. The molecule has 0 aliphatic rings. The summed E-state index contributed by atoms with van der Waals surface area (Å²) in [7, 11) is -2.67. The van der Waals surface area contributed by atoms with Gasteiger partial charge in [-0.25, -0.2) is 22.7 Å². The van der Waals surface area contributed by atoms with Crippen LogP contribution in [0.25, 0.3) is 34.2 Å². The van der Waals surface area contributed by atoms with Crippen LogP contribution in [-0.2, 0) is 10.0 Å². The molecule has 15 nitrogen and oxygen atoms in total. The molecule has 228 valence electrons. The Hall–Kier alpha value is -5.52.